The van der Waals surface area contributed by atoms with Gasteiger partial charge in [0.15, 0.2) is 0 Å². The Balaban J connectivity index is 2.46. The van der Waals surface area contributed by atoms with Crippen molar-refractivity contribution in [1.29, 1.82) is 0 Å². The molecule has 0 fully saturated rings. The SMILES string of the molecule is CCCCCCCCOc1cc(I)c(O[Si](C)(C)C)cc1I. The Labute approximate surface area is 164 Å². The quantitative estimate of drug-likeness (QED) is 0.182. The van der Waals surface area contributed by atoms with E-state index in [1.807, 2.05) is 0 Å². The highest BCUT2D eigenvalue weighted by atomic mass is 127. The van der Waals surface area contributed by atoms with Crippen molar-refractivity contribution in [2.45, 2.75) is 65.1 Å². The van der Waals surface area contributed by atoms with Crippen LogP contribution < -0.4 is 9.16 Å². The molecule has 0 aliphatic carbocycles. The number of hydrogen-bond acceptors (Lipinski definition) is 2. The van der Waals surface area contributed by atoms with E-state index in [1.165, 1.54) is 32.1 Å². The fourth-order valence-corrected chi connectivity index (χ4v) is 4.27. The average molecular weight is 546 g/mol. The molecule has 0 aromatic heterocycles. The monoisotopic (exact) mass is 546 g/mol. The molecule has 0 saturated heterocycles. The molecule has 5 heteroatoms. The van der Waals surface area contributed by atoms with Gasteiger partial charge >= 0.3 is 0 Å². The number of unbranched alkanes of at least 4 members (excludes halogenated alkanes) is 5. The van der Waals surface area contributed by atoms with Crippen LogP contribution in [0.5, 0.6) is 11.5 Å². The molecule has 0 amide bonds. The van der Waals surface area contributed by atoms with Crippen LogP contribution in [0.2, 0.25) is 19.6 Å². The van der Waals surface area contributed by atoms with Gasteiger partial charge in [-0.3, -0.25) is 0 Å². The molecule has 0 radical (unpaired) electrons. The minimum absolute atomic E-state index is 0.812. The highest BCUT2D eigenvalue weighted by Crippen LogP contribution is 2.32. The largest absolute Gasteiger partial charge is 0.544 e. The highest BCUT2D eigenvalue weighted by Gasteiger charge is 2.19. The van der Waals surface area contributed by atoms with E-state index in [9.17, 15) is 0 Å². The predicted octanol–water partition coefficient (Wildman–Crippen LogP) is 6.85. The summed E-state index contributed by atoms with van der Waals surface area (Å²) in [6.07, 6.45) is 7.76. The number of ether oxygens (including phenoxy) is 1. The van der Waals surface area contributed by atoms with E-state index in [0.29, 0.717) is 0 Å². The molecule has 0 aliphatic heterocycles. The molecule has 0 unspecified atom stereocenters. The lowest BCUT2D eigenvalue weighted by molar-refractivity contribution is 0.302. The van der Waals surface area contributed by atoms with E-state index >= 15 is 0 Å². The van der Waals surface area contributed by atoms with Crippen LogP contribution in [0.4, 0.5) is 0 Å². The molecule has 22 heavy (non-hydrogen) atoms. The third kappa shape index (κ3) is 8.38. The lowest BCUT2D eigenvalue weighted by Gasteiger charge is -2.21. The molecule has 1 rings (SSSR count). The summed E-state index contributed by atoms with van der Waals surface area (Å²) in [7, 11) is -1.57. The first kappa shape index (κ1) is 20.5. The van der Waals surface area contributed by atoms with Crippen LogP contribution in [0.3, 0.4) is 0 Å². The number of rotatable bonds is 10. The molecule has 1 aromatic carbocycles. The molecule has 0 N–H and O–H groups in total. The Morgan fingerprint density at radius 1 is 0.864 bits per heavy atom. The van der Waals surface area contributed by atoms with E-state index in [-0.39, 0.29) is 0 Å². The van der Waals surface area contributed by atoms with Crippen molar-refractivity contribution in [1.82, 2.24) is 0 Å². The first-order valence-corrected chi connectivity index (χ1v) is 13.7. The summed E-state index contributed by atoms with van der Waals surface area (Å²) >= 11 is 4.68. The van der Waals surface area contributed by atoms with Gasteiger partial charge in [0, 0.05) is 0 Å². The molecule has 0 spiro atoms. The van der Waals surface area contributed by atoms with Gasteiger partial charge in [-0.25, -0.2) is 0 Å². The molecular formula is C17H28I2O2Si. The standard InChI is InChI=1S/C17H28I2O2Si/c1-5-6-7-8-9-10-11-20-16-12-15(19)17(13-14(16)18)21-22(2,3)4/h12-13H,5-11H2,1-4H3. The van der Waals surface area contributed by atoms with Crippen molar-refractivity contribution in [3.63, 3.8) is 0 Å². The maximum Gasteiger partial charge on any atom is 0.242 e. The first-order chi connectivity index (χ1) is 10.3. The van der Waals surface area contributed by atoms with Crippen molar-refractivity contribution < 1.29 is 9.16 Å². The fourth-order valence-electron chi connectivity index (χ4n) is 2.09. The maximum absolute atomic E-state index is 6.12. The average Bonchev–Trinajstić information content (AvgIpc) is 2.41. The second-order valence-electron chi connectivity index (χ2n) is 6.54. The fraction of sp³-hybridized carbons (Fsp3) is 0.647. The molecule has 126 valence electrons. The molecule has 0 aliphatic rings. The van der Waals surface area contributed by atoms with Gasteiger partial charge in [0.2, 0.25) is 8.32 Å². The minimum Gasteiger partial charge on any atom is -0.544 e. The summed E-state index contributed by atoms with van der Waals surface area (Å²) < 4.78 is 14.3. The van der Waals surface area contributed by atoms with Crippen LogP contribution in [0.25, 0.3) is 0 Å². The third-order valence-corrected chi connectivity index (χ3v) is 5.68. The topological polar surface area (TPSA) is 18.5 Å². The molecule has 0 bridgehead atoms. The van der Waals surface area contributed by atoms with Crippen LogP contribution in [-0.4, -0.2) is 14.9 Å². The maximum atomic E-state index is 6.12. The van der Waals surface area contributed by atoms with Crippen molar-refractivity contribution >= 4 is 53.5 Å². The van der Waals surface area contributed by atoms with Gasteiger partial charge in [-0.05, 0) is 83.4 Å². The van der Waals surface area contributed by atoms with E-state index in [2.05, 4.69) is 83.9 Å². The lowest BCUT2D eigenvalue weighted by atomic mass is 10.1. The van der Waals surface area contributed by atoms with E-state index < -0.39 is 8.32 Å². The van der Waals surface area contributed by atoms with E-state index in [1.54, 1.807) is 0 Å². The second kappa shape index (κ2) is 10.4. The van der Waals surface area contributed by atoms with Crippen LogP contribution in [0.1, 0.15) is 45.4 Å². The van der Waals surface area contributed by atoms with Gasteiger partial charge in [0.1, 0.15) is 11.5 Å². The molecule has 2 nitrogen and oxygen atoms in total. The highest BCUT2D eigenvalue weighted by molar-refractivity contribution is 14.1. The summed E-state index contributed by atoms with van der Waals surface area (Å²) in [5.74, 6) is 1.98. The van der Waals surface area contributed by atoms with Crippen LogP contribution in [0.15, 0.2) is 12.1 Å². The molecule has 1 aromatic rings. The Bertz CT molecular complexity index is 459. The zero-order valence-electron chi connectivity index (χ0n) is 14.2. The first-order valence-electron chi connectivity index (χ1n) is 8.14. The van der Waals surface area contributed by atoms with Crippen LogP contribution in [-0.2, 0) is 0 Å². The van der Waals surface area contributed by atoms with E-state index in [4.69, 9.17) is 9.16 Å². The zero-order chi connectivity index (χ0) is 16.6. The Hall–Kier alpha value is 0.497. The lowest BCUT2D eigenvalue weighted by Crippen LogP contribution is -2.29. The van der Waals surface area contributed by atoms with E-state index in [0.717, 1.165) is 31.7 Å². The Kier molecular flexibility index (Phi) is 9.69. The van der Waals surface area contributed by atoms with Crippen molar-refractivity contribution in [3.8, 4) is 11.5 Å². The van der Waals surface area contributed by atoms with Crippen molar-refractivity contribution in [2.24, 2.45) is 0 Å². The molecule has 0 heterocycles. The summed E-state index contributed by atoms with van der Waals surface area (Å²) in [4.78, 5) is 0. The predicted molar refractivity (Wildman–Crippen MR) is 115 cm³/mol. The van der Waals surface area contributed by atoms with Gasteiger partial charge in [-0.15, -0.1) is 0 Å². The van der Waals surface area contributed by atoms with Gasteiger partial charge in [-0.1, -0.05) is 39.0 Å². The molecule has 0 atom stereocenters. The van der Waals surface area contributed by atoms with Gasteiger partial charge in [0.05, 0.1) is 13.7 Å². The second-order valence-corrected chi connectivity index (χ2v) is 13.3. The van der Waals surface area contributed by atoms with Gasteiger partial charge < -0.3 is 9.16 Å². The minimum atomic E-state index is -1.57. The molecule has 0 saturated carbocycles. The Morgan fingerprint density at radius 2 is 1.41 bits per heavy atom. The molecular weight excluding hydrogens is 518 g/mol. The normalized spacial score (nSPS) is 11.5. The van der Waals surface area contributed by atoms with Crippen molar-refractivity contribution in [3.05, 3.63) is 19.3 Å². The van der Waals surface area contributed by atoms with Crippen LogP contribution in [0, 0.1) is 7.14 Å². The Morgan fingerprint density at radius 3 is 2.05 bits per heavy atom. The smallest absolute Gasteiger partial charge is 0.242 e. The van der Waals surface area contributed by atoms with Crippen molar-refractivity contribution in [2.75, 3.05) is 6.61 Å². The zero-order valence-corrected chi connectivity index (χ0v) is 19.5. The van der Waals surface area contributed by atoms with Gasteiger partial charge in [-0.2, -0.15) is 0 Å². The summed E-state index contributed by atoms with van der Waals surface area (Å²) in [5, 5.41) is 0. The van der Waals surface area contributed by atoms with Crippen LogP contribution >= 0.6 is 45.2 Å². The van der Waals surface area contributed by atoms with Gasteiger partial charge in [0.25, 0.3) is 0 Å². The summed E-state index contributed by atoms with van der Waals surface area (Å²) in [5.41, 5.74) is 0. The number of halogens is 2. The number of benzene rings is 1. The number of hydrogen-bond donors (Lipinski definition) is 0. The summed E-state index contributed by atoms with van der Waals surface area (Å²) in [6.45, 7) is 9.69. The summed E-state index contributed by atoms with van der Waals surface area (Å²) in [6, 6.07) is 4.21. The third-order valence-electron chi connectivity index (χ3n) is 3.16.